The van der Waals surface area contributed by atoms with Crippen LogP contribution in [0.3, 0.4) is 0 Å². The standard InChI is InChI=1S/C29H29ClFN7O4/c30-28-21(6-3-7-24(28)31)13-33-17-27(40)37-22(8-9-26(39)36-16-23-15-32-10-11-34-23)18-42-29(41)38-25-12-19-4-1-2-5-20(19)14-35-25/h1-7,10-12,14-15,22,33H,8-9,13,16-18H2,(H,36,39)(H,37,40)(H,35,38,41)/t22-/m0/s1. The molecule has 0 aliphatic carbocycles. The van der Waals surface area contributed by atoms with E-state index in [1.165, 1.54) is 24.5 Å². The van der Waals surface area contributed by atoms with Crippen molar-refractivity contribution in [3.05, 3.63) is 95.4 Å². The SMILES string of the molecule is O=C(CC[C@@H](COC(=O)Nc1cc2ccccc2cn1)NC(=O)CNCc1cccc(F)c1Cl)NCc1cnccn1. The molecule has 13 heteroatoms. The highest BCUT2D eigenvalue weighted by Gasteiger charge is 2.18. The van der Waals surface area contributed by atoms with Crippen LogP contribution in [0.25, 0.3) is 10.8 Å². The van der Waals surface area contributed by atoms with Crippen LogP contribution in [0.5, 0.6) is 0 Å². The second-order valence-electron chi connectivity index (χ2n) is 9.23. The number of pyridine rings is 1. The molecule has 0 fully saturated rings. The Labute approximate surface area is 246 Å². The summed E-state index contributed by atoms with van der Waals surface area (Å²) >= 11 is 5.97. The first-order valence-electron chi connectivity index (χ1n) is 13.1. The van der Waals surface area contributed by atoms with Gasteiger partial charge in [-0.3, -0.25) is 24.9 Å². The Morgan fingerprint density at radius 3 is 2.60 bits per heavy atom. The molecule has 2 aromatic carbocycles. The number of aromatic nitrogens is 3. The third-order valence-electron chi connectivity index (χ3n) is 6.08. The molecule has 4 rings (SSSR count). The summed E-state index contributed by atoms with van der Waals surface area (Å²) in [5.41, 5.74) is 1.10. The first-order valence-corrected chi connectivity index (χ1v) is 13.5. The van der Waals surface area contributed by atoms with Crippen molar-refractivity contribution in [1.29, 1.82) is 0 Å². The Morgan fingerprint density at radius 1 is 0.952 bits per heavy atom. The molecule has 2 aromatic heterocycles. The largest absolute Gasteiger partial charge is 0.447 e. The fraction of sp³-hybridized carbons (Fsp3) is 0.241. The van der Waals surface area contributed by atoms with Gasteiger partial charge in [0.05, 0.1) is 36.0 Å². The van der Waals surface area contributed by atoms with Gasteiger partial charge in [-0.1, -0.05) is 48.0 Å². The molecule has 0 aliphatic rings. The smallest absolute Gasteiger partial charge is 0.412 e. The molecule has 218 valence electrons. The zero-order chi connectivity index (χ0) is 29.7. The Hall–Kier alpha value is -4.68. The molecule has 0 aliphatic heterocycles. The van der Waals surface area contributed by atoms with Crippen LogP contribution in [-0.4, -0.2) is 52.1 Å². The van der Waals surface area contributed by atoms with Gasteiger partial charge in [-0.2, -0.15) is 0 Å². The number of halogens is 2. The molecule has 4 aromatic rings. The van der Waals surface area contributed by atoms with Gasteiger partial charge in [-0.05, 0) is 29.5 Å². The highest BCUT2D eigenvalue weighted by atomic mass is 35.5. The second kappa shape index (κ2) is 15.4. The van der Waals surface area contributed by atoms with Gasteiger partial charge in [0.15, 0.2) is 0 Å². The van der Waals surface area contributed by atoms with Crippen LogP contribution in [-0.2, 0) is 27.4 Å². The van der Waals surface area contributed by atoms with Crippen molar-refractivity contribution in [2.75, 3.05) is 18.5 Å². The summed E-state index contributed by atoms with van der Waals surface area (Å²) in [5.74, 6) is -0.924. The minimum atomic E-state index is -0.761. The Morgan fingerprint density at radius 2 is 1.79 bits per heavy atom. The maximum atomic E-state index is 13.7. The molecule has 0 bridgehead atoms. The van der Waals surface area contributed by atoms with E-state index in [4.69, 9.17) is 16.3 Å². The number of benzene rings is 2. The average molecular weight is 594 g/mol. The summed E-state index contributed by atoms with van der Waals surface area (Å²) in [6, 6.07) is 13.0. The Kier molecular flexibility index (Phi) is 11.1. The lowest BCUT2D eigenvalue weighted by atomic mass is 10.1. The lowest BCUT2D eigenvalue weighted by molar-refractivity contribution is -0.123. The third-order valence-corrected chi connectivity index (χ3v) is 6.50. The summed E-state index contributed by atoms with van der Waals surface area (Å²) in [6.07, 6.45) is 5.72. The molecule has 0 unspecified atom stereocenters. The molecule has 2 heterocycles. The lowest BCUT2D eigenvalue weighted by Gasteiger charge is -2.19. The first-order chi connectivity index (χ1) is 20.4. The maximum absolute atomic E-state index is 13.7. The van der Waals surface area contributed by atoms with Crippen molar-refractivity contribution < 1.29 is 23.5 Å². The molecule has 0 radical (unpaired) electrons. The Balaban J connectivity index is 1.29. The maximum Gasteiger partial charge on any atom is 0.412 e. The van der Waals surface area contributed by atoms with E-state index in [9.17, 15) is 18.8 Å². The van der Waals surface area contributed by atoms with Crippen molar-refractivity contribution in [3.8, 4) is 0 Å². The van der Waals surface area contributed by atoms with Crippen LogP contribution in [0.1, 0.15) is 24.1 Å². The number of carbonyl (C=O) groups excluding carboxylic acids is 3. The number of rotatable bonds is 13. The number of carbonyl (C=O) groups is 3. The highest BCUT2D eigenvalue weighted by Crippen LogP contribution is 2.19. The van der Waals surface area contributed by atoms with Crippen molar-refractivity contribution >= 4 is 46.1 Å². The van der Waals surface area contributed by atoms with Gasteiger partial charge in [0.1, 0.15) is 18.2 Å². The van der Waals surface area contributed by atoms with Crippen LogP contribution >= 0.6 is 11.6 Å². The van der Waals surface area contributed by atoms with Gasteiger partial charge in [0.2, 0.25) is 11.8 Å². The van der Waals surface area contributed by atoms with E-state index in [2.05, 4.69) is 36.2 Å². The first kappa shape index (κ1) is 30.3. The van der Waals surface area contributed by atoms with E-state index in [0.29, 0.717) is 17.1 Å². The normalized spacial score (nSPS) is 11.5. The van der Waals surface area contributed by atoms with Gasteiger partial charge < -0.3 is 20.7 Å². The van der Waals surface area contributed by atoms with E-state index in [1.54, 1.807) is 24.5 Å². The predicted molar refractivity (Wildman–Crippen MR) is 155 cm³/mol. The van der Waals surface area contributed by atoms with Crippen molar-refractivity contribution in [3.63, 3.8) is 0 Å². The molecular weight excluding hydrogens is 565 g/mol. The average Bonchev–Trinajstić information content (AvgIpc) is 3.00. The monoisotopic (exact) mass is 593 g/mol. The molecule has 0 saturated carbocycles. The van der Waals surface area contributed by atoms with Crippen LogP contribution in [0.2, 0.25) is 5.02 Å². The highest BCUT2D eigenvalue weighted by molar-refractivity contribution is 6.31. The van der Waals surface area contributed by atoms with Gasteiger partial charge >= 0.3 is 6.09 Å². The molecule has 1 atom stereocenters. The molecule has 0 spiro atoms. The summed E-state index contributed by atoms with van der Waals surface area (Å²) in [5, 5.41) is 12.8. The lowest BCUT2D eigenvalue weighted by Crippen LogP contribution is -2.43. The molecule has 0 saturated heterocycles. The van der Waals surface area contributed by atoms with Crippen LogP contribution in [0.15, 0.2) is 73.3 Å². The van der Waals surface area contributed by atoms with Crippen LogP contribution in [0, 0.1) is 5.82 Å². The fourth-order valence-corrected chi connectivity index (χ4v) is 4.14. The number of nitrogens with zero attached hydrogens (tertiary/aromatic N) is 3. The van der Waals surface area contributed by atoms with E-state index in [-0.39, 0.29) is 50.0 Å². The number of hydrogen-bond acceptors (Lipinski definition) is 8. The topological polar surface area (TPSA) is 147 Å². The Bertz CT molecular complexity index is 1530. The van der Waals surface area contributed by atoms with Crippen molar-refractivity contribution in [2.45, 2.75) is 32.0 Å². The summed E-state index contributed by atoms with van der Waals surface area (Å²) in [6.45, 7) is 0.0544. The third kappa shape index (κ3) is 9.46. The molecule has 3 amide bonds. The zero-order valence-electron chi connectivity index (χ0n) is 22.5. The minimum absolute atomic E-state index is 0.0175. The summed E-state index contributed by atoms with van der Waals surface area (Å²) in [4.78, 5) is 49.8. The van der Waals surface area contributed by atoms with E-state index in [1.807, 2.05) is 24.3 Å². The van der Waals surface area contributed by atoms with Crippen LogP contribution in [0.4, 0.5) is 15.0 Å². The fourth-order valence-electron chi connectivity index (χ4n) is 3.94. The van der Waals surface area contributed by atoms with E-state index in [0.717, 1.165) is 10.8 Å². The van der Waals surface area contributed by atoms with Crippen molar-refractivity contribution in [1.82, 2.24) is 30.9 Å². The molecule has 42 heavy (non-hydrogen) atoms. The van der Waals surface area contributed by atoms with Gasteiger partial charge in [0.25, 0.3) is 0 Å². The number of nitrogens with one attached hydrogen (secondary N) is 4. The quantitative estimate of drug-likeness (QED) is 0.183. The van der Waals surface area contributed by atoms with E-state index < -0.39 is 23.9 Å². The number of amides is 3. The van der Waals surface area contributed by atoms with E-state index >= 15 is 0 Å². The van der Waals surface area contributed by atoms with Gasteiger partial charge in [0, 0.05) is 36.9 Å². The predicted octanol–water partition coefficient (Wildman–Crippen LogP) is 3.74. The minimum Gasteiger partial charge on any atom is -0.447 e. The number of ether oxygens (including phenoxy) is 1. The van der Waals surface area contributed by atoms with Crippen LogP contribution < -0.4 is 21.3 Å². The zero-order valence-corrected chi connectivity index (χ0v) is 23.2. The number of fused-ring (bicyclic) bond motifs is 1. The molecule has 11 nitrogen and oxygen atoms in total. The van der Waals surface area contributed by atoms with Gasteiger partial charge in [-0.15, -0.1) is 0 Å². The number of hydrogen-bond donors (Lipinski definition) is 4. The molecular formula is C29H29ClFN7O4. The van der Waals surface area contributed by atoms with Gasteiger partial charge in [-0.25, -0.2) is 14.2 Å². The number of anilines is 1. The summed E-state index contributed by atoms with van der Waals surface area (Å²) in [7, 11) is 0. The molecule has 4 N–H and O–H groups in total. The van der Waals surface area contributed by atoms with Crippen molar-refractivity contribution in [2.24, 2.45) is 0 Å². The second-order valence-corrected chi connectivity index (χ2v) is 9.61. The summed E-state index contributed by atoms with van der Waals surface area (Å²) < 4.78 is 19.0.